The number of aromatic nitrogens is 2. The number of hydrogen-bond donors (Lipinski definition) is 0. The molecule has 57 heavy (non-hydrogen) atoms. The van der Waals surface area contributed by atoms with E-state index >= 15 is 0 Å². The molecule has 5 nitrogen and oxygen atoms in total. The Morgan fingerprint density at radius 1 is 0.421 bits per heavy atom. The van der Waals surface area contributed by atoms with Crippen molar-refractivity contribution in [1.29, 1.82) is 0 Å². The van der Waals surface area contributed by atoms with Crippen molar-refractivity contribution < 1.29 is 0 Å². The maximum Gasteiger partial charge on any atom is 0.179 e. The Morgan fingerprint density at radius 3 is 1.74 bits per heavy atom. The largest absolute Gasteiger partial charge is 0.294 e. The zero-order valence-corrected chi connectivity index (χ0v) is 32.1. The van der Waals surface area contributed by atoms with Crippen LogP contribution in [0.5, 0.6) is 0 Å². The van der Waals surface area contributed by atoms with E-state index < -0.39 is 8.07 Å². The number of benzene rings is 7. The van der Waals surface area contributed by atoms with Gasteiger partial charge in [0.2, 0.25) is 0 Å². The van der Waals surface area contributed by atoms with E-state index in [0.717, 1.165) is 39.3 Å². The number of hydrogen-bond acceptors (Lipinski definition) is 4. The van der Waals surface area contributed by atoms with E-state index in [2.05, 4.69) is 232 Å². The number of allylic oxidation sites excluding steroid dienone is 2. The van der Waals surface area contributed by atoms with Crippen molar-refractivity contribution in [1.82, 2.24) is 14.7 Å². The van der Waals surface area contributed by atoms with Gasteiger partial charge in [-0.1, -0.05) is 146 Å². The normalized spacial score (nSPS) is 13.4. The predicted molar refractivity (Wildman–Crippen MR) is 239 cm³/mol. The van der Waals surface area contributed by atoms with E-state index in [-0.39, 0.29) is 0 Å². The molecule has 4 heterocycles. The van der Waals surface area contributed by atoms with Crippen molar-refractivity contribution in [3.05, 3.63) is 225 Å². The van der Waals surface area contributed by atoms with Crippen molar-refractivity contribution in [3.8, 4) is 16.8 Å². The van der Waals surface area contributed by atoms with E-state index in [9.17, 15) is 0 Å². The minimum atomic E-state index is -2.88. The van der Waals surface area contributed by atoms with Crippen LogP contribution in [-0.4, -0.2) is 22.7 Å². The zero-order valence-electron chi connectivity index (χ0n) is 31.1. The highest BCUT2D eigenvalue weighted by Crippen LogP contribution is 2.47. The SMILES string of the molecule is C1=CN2c3cc(-n4c5ccccc5c5cccnc54)ccc3N(c3cc(-c4ccccc4)cc([Si](c4ccccc4)(c4ccccc4)c4ccccc4)c3)N2C=C1. The van der Waals surface area contributed by atoms with Crippen LogP contribution in [0.15, 0.2) is 225 Å². The average molecular weight is 748 g/mol. The lowest BCUT2D eigenvalue weighted by molar-refractivity contribution is 0.408. The van der Waals surface area contributed by atoms with Crippen molar-refractivity contribution in [2.45, 2.75) is 0 Å². The van der Waals surface area contributed by atoms with Gasteiger partial charge >= 0.3 is 0 Å². The molecule has 270 valence electrons. The lowest BCUT2D eigenvalue weighted by Crippen LogP contribution is -2.74. The number of anilines is 3. The first-order chi connectivity index (χ1) is 28.3. The summed E-state index contributed by atoms with van der Waals surface area (Å²) in [5, 5.41) is 14.5. The number of hydrazine groups is 2. The fraction of sp³-hybridized carbons (Fsp3) is 0. The first kappa shape index (κ1) is 33.0. The molecule has 7 aromatic carbocycles. The van der Waals surface area contributed by atoms with Gasteiger partial charge in [0, 0.05) is 35.1 Å². The molecule has 0 radical (unpaired) electrons. The predicted octanol–water partition coefficient (Wildman–Crippen LogP) is 9.35. The summed E-state index contributed by atoms with van der Waals surface area (Å²) >= 11 is 0. The summed E-state index contributed by atoms with van der Waals surface area (Å²) in [4.78, 5) is 4.89. The number of fused-ring (bicyclic) bond motifs is 6. The van der Waals surface area contributed by atoms with Gasteiger partial charge in [0.15, 0.2) is 8.07 Å². The molecule has 6 heteroatoms. The third kappa shape index (κ3) is 5.19. The Morgan fingerprint density at radius 2 is 1.04 bits per heavy atom. The molecule has 9 aromatic rings. The summed E-state index contributed by atoms with van der Waals surface area (Å²) in [6.07, 6.45) is 10.4. The third-order valence-electron chi connectivity index (χ3n) is 11.4. The van der Waals surface area contributed by atoms with Gasteiger partial charge in [-0.3, -0.25) is 4.57 Å². The second-order valence-electron chi connectivity index (χ2n) is 14.5. The minimum absolute atomic E-state index is 0.948. The molecule has 0 spiro atoms. The minimum Gasteiger partial charge on any atom is -0.294 e. The molecule has 0 unspecified atom stereocenters. The van der Waals surface area contributed by atoms with Crippen LogP contribution in [0, 0.1) is 0 Å². The summed E-state index contributed by atoms with van der Waals surface area (Å²) in [5.41, 5.74) is 8.75. The van der Waals surface area contributed by atoms with Crippen molar-refractivity contribution >= 4 is 67.8 Å². The van der Waals surface area contributed by atoms with Crippen molar-refractivity contribution in [3.63, 3.8) is 0 Å². The highest BCUT2D eigenvalue weighted by atomic mass is 28.3. The van der Waals surface area contributed by atoms with Crippen LogP contribution in [0.2, 0.25) is 0 Å². The first-order valence-corrected chi connectivity index (χ1v) is 21.4. The molecule has 2 aliphatic rings. The fourth-order valence-corrected chi connectivity index (χ4v) is 13.8. The summed E-state index contributed by atoms with van der Waals surface area (Å²) in [7, 11) is -2.88. The van der Waals surface area contributed by atoms with Crippen LogP contribution in [0.3, 0.4) is 0 Å². The number of nitrogens with zero attached hydrogens (tertiary/aromatic N) is 5. The summed E-state index contributed by atoms with van der Waals surface area (Å²) in [5.74, 6) is 0. The van der Waals surface area contributed by atoms with Gasteiger partial charge in [-0.2, -0.15) is 5.12 Å². The van der Waals surface area contributed by atoms with Gasteiger partial charge in [0.1, 0.15) is 5.65 Å². The quantitative estimate of drug-likeness (QED) is 0.120. The number of para-hydroxylation sites is 1. The topological polar surface area (TPSA) is 27.5 Å². The van der Waals surface area contributed by atoms with Gasteiger partial charge < -0.3 is 0 Å². The molecule has 11 rings (SSSR count). The second-order valence-corrected chi connectivity index (χ2v) is 18.4. The number of pyridine rings is 1. The molecular weight excluding hydrogens is 711 g/mol. The first-order valence-electron chi connectivity index (χ1n) is 19.4. The fourth-order valence-electron chi connectivity index (χ4n) is 9.00. The molecular formula is C51H37N5Si. The van der Waals surface area contributed by atoms with Crippen LogP contribution < -0.4 is 30.8 Å². The van der Waals surface area contributed by atoms with E-state index in [4.69, 9.17) is 4.98 Å². The third-order valence-corrected chi connectivity index (χ3v) is 16.2. The molecule has 0 atom stereocenters. The van der Waals surface area contributed by atoms with E-state index in [1.165, 1.54) is 37.3 Å². The summed E-state index contributed by atoms with van der Waals surface area (Å²) in [6.45, 7) is 0. The van der Waals surface area contributed by atoms with E-state index in [1.54, 1.807) is 0 Å². The molecule has 0 bridgehead atoms. The smallest absolute Gasteiger partial charge is 0.179 e. The van der Waals surface area contributed by atoms with Gasteiger partial charge in [0.25, 0.3) is 0 Å². The molecule has 0 amide bonds. The van der Waals surface area contributed by atoms with Crippen LogP contribution in [0.4, 0.5) is 17.1 Å². The Labute approximate surface area is 332 Å². The maximum atomic E-state index is 4.89. The standard InChI is InChI=1S/C51H37N5Si/c1-5-18-38(19-6-1)39-34-41(36-45(35-39)57(42-20-7-2-8-21-42,43-22-9-3-10-23-43)44-24-11-4-12-25-44)56-49-30-29-40(37-50(49)53-32-15-16-33-54(53)56)55-48-28-14-13-26-46(48)47-27-17-31-52-51(47)55/h1-37H. The van der Waals surface area contributed by atoms with Crippen LogP contribution >= 0.6 is 0 Å². The lowest BCUT2D eigenvalue weighted by Gasteiger charge is -2.37. The molecule has 0 saturated heterocycles. The molecule has 0 saturated carbocycles. The molecule has 0 aliphatic carbocycles. The Hall–Kier alpha value is -7.41. The molecule has 2 aliphatic heterocycles. The number of rotatable bonds is 7. The molecule has 2 aromatic heterocycles. The second kappa shape index (κ2) is 13.4. The highest BCUT2D eigenvalue weighted by Gasteiger charge is 2.43. The van der Waals surface area contributed by atoms with E-state index in [0.29, 0.717) is 0 Å². The van der Waals surface area contributed by atoms with Crippen molar-refractivity contribution in [2.24, 2.45) is 0 Å². The lowest BCUT2D eigenvalue weighted by atomic mass is 10.0. The summed E-state index contributed by atoms with van der Waals surface area (Å²) in [6, 6.07) is 71.1. The van der Waals surface area contributed by atoms with Crippen LogP contribution in [0.1, 0.15) is 0 Å². The summed E-state index contributed by atoms with van der Waals surface area (Å²) < 4.78 is 2.29. The monoisotopic (exact) mass is 747 g/mol. The van der Waals surface area contributed by atoms with Gasteiger partial charge in [-0.05, 0) is 92.6 Å². The van der Waals surface area contributed by atoms with Gasteiger partial charge in [-0.15, -0.1) is 0 Å². The van der Waals surface area contributed by atoms with Crippen molar-refractivity contribution in [2.75, 3.05) is 10.0 Å². The molecule has 0 fully saturated rings. The van der Waals surface area contributed by atoms with Crippen LogP contribution in [-0.2, 0) is 0 Å². The molecule has 0 N–H and O–H groups in total. The Balaban J connectivity index is 1.17. The van der Waals surface area contributed by atoms with Gasteiger partial charge in [0.05, 0.1) is 22.6 Å². The highest BCUT2D eigenvalue weighted by molar-refractivity contribution is 7.20. The zero-order chi connectivity index (χ0) is 37.8. The Bertz CT molecular complexity index is 2830. The maximum absolute atomic E-state index is 4.89. The van der Waals surface area contributed by atoms with Gasteiger partial charge in [-0.25, -0.2) is 15.0 Å². The Kier molecular flexibility index (Phi) is 7.76. The van der Waals surface area contributed by atoms with Crippen LogP contribution in [0.25, 0.3) is 38.8 Å². The van der Waals surface area contributed by atoms with E-state index in [1.807, 2.05) is 12.3 Å². The average Bonchev–Trinajstić information content (AvgIpc) is 3.81.